The Hall–Kier alpha value is -2.90. The van der Waals surface area contributed by atoms with Crippen LogP contribution in [0.4, 0.5) is 5.69 Å². The van der Waals surface area contributed by atoms with Crippen LogP contribution in [0.25, 0.3) is 0 Å². The van der Waals surface area contributed by atoms with Gasteiger partial charge < -0.3 is 4.74 Å². The van der Waals surface area contributed by atoms with Gasteiger partial charge in [-0.1, -0.05) is 82.8 Å². The summed E-state index contributed by atoms with van der Waals surface area (Å²) in [5.74, 6) is -2.73. The highest BCUT2D eigenvalue weighted by Crippen LogP contribution is 2.45. The molecule has 33 heavy (non-hydrogen) atoms. The Bertz CT molecular complexity index is 1290. The number of fused-ring (bicyclic) bond motifs is 1. The molecule has 0 unspecified atom stereocenters. The highest BCUT2D eigenvalue weighted by Gasteiger charge is 2.42. The van der Waals surface area contributed by atoms with Gasteiger partial charge in [0.15, 0.2) is 12.4 Å². The Morgan fingerprint density at radius 3 is 1.85 bits per heavy atom. The van der Waals surface area contributed by atoms with Gasteiger partial charge in [-0.05, 0) is 18.2 Å². The number of esters is 1. The molecule has 0 aromatic heterocycles. The Labute approximate surface area is 207 Å². The Morgan fingerprint density at radius 2 is 1.27 bits per heavy atom. The summed E-state index contributed by atoms with van der Waals surface area (Å²) in [6.45, 7) is -0.470. The molecule has 1 heterocycles. The van der Waals surface area contributed by atoms with Gasteiger partial charge >= 0.3 is 5.97 Å². The number of hydrogen-bond donors (Lipinski definition) is 0. The molecule has 1 aliphatic rings. The number of Topliss-reactive ketones (excluding diaryl/α,β-unsaturated/α-hetero) is 1. The quantitative estimate of drug-likeness (QED) is 0.132. The number of carbonyl (C=O) groups excluding carboxylic acids is 4. The lowest BCUT2D eigenvalue weighted by molar-refractivity contribution is 0.0474. The smallest absolute Gasteiger partial charge is 0.338 e. The van der Waals surface area contributed by atoms with E-state index in [1.165, 1.54) is 24.3 Å². The molecule has 0 radical (unpaired) electrons. The fraction of sp³-hybridized carbons (Fsp3) is 0.0435. The molecule has 0 spiro atoms. The second kappa shape index (κ2) is 9.15. The van der Waals surface area contributed by atoms with Crippen LogP contribution >= 0.6 is 46.4 Å². The number of hydrogen-bond acceptors (Lipinski definition) is 5. The van der Waals surface area contributed by atoms with E-state index >= 15 is 0 Å². The van der Waals surface area contributed by atoms with Crippen molar-refractivity contribution in [1.29, 1.82) is 0 Å². The van der Waals surface area contributed by atoms with Gasteiger partial charge in [0.2, 0.25) is 0 Å². The van der Waals surface area contributed by atoms with Crippen molar-refractivity contribution in [2.24, 2.45) is 0 Å². The standard InChI is InChI=1S/C23H11Cl4NO5/c24-17-15-16(18(25)20(27)19(17)26)22(31)28(21(15)30)13-8-4-7-12(9-13)23(32)33-10-14(29)11-5-2-1-3-6-11/h1-9H,10H2. The van der Waals surface area contributed by atoms with Crippen molar-refractivity contribution in [3.63, 3.8) is 0 Å². The monoisotopic (exact) mass is 521 g/mol. The minimum Gasteiger partial charge on any atom is -0.454 e. The fourth-order valence-electron chi connectivity index (χ4n) is 3.28. The first-order valence-electron chi connectivity index (χ1n) is 9.32. The average molecular weight is 523 g/mol. The largest absolute Gasteiger partial charge is 0.454 e. The van der Waals surface area contributed by atoms with E-state index in [-0.39, 0.29) is 48.3 Å². The van der Waals surface area contributed by atoms with E-state index in [1.807, 2.05) is 0 Å². The van der Waals surface area contributed by atoms with Gasteiger partial charge in [-0.15, -0.1) is 0 Å². The van der Waals surface area contributed by atoms with Gasteiger partial charge in [-0.3, -0.25) is 14.4 Å². The molecule has 10 heteroatoms. The molecule has 0 bridgehead atoms. The van der Waals surface area contributed by atoms with Crippen molar-refractivity contribution in [2.75, 3.05) is 11.5 Å². The summed E-state index contributed by atoms with van der Waals surface area (Å²) in [5.41, 5.74) is 0.142. The highest BCUT2D eigenvalue weighted by molar-refractivity contribution is 6.56. The van der Waals surface area contributed by atoms with E-state index < -0.39 is 24.4 Å². The molecule has 0 atom stereocenters. The third kappa shape index (κ3) is 4.11. The zero-order chi connectivity index (χ0) is 23.9. The molecule has 0 fully saturated rings. The second-order valence-corrected chi connectivity index (χ2v) is 8.38. The van der Waals surface area contributed by atoms with Crippen LogP contribution in [0.3, 0.4) is 0 Å². The highest BCUT2D eigenvalue weighted by atomic mass is 35.5. The molecular weight excluding hydrogens is 512 g/mol. The average Bonchev–Trinajstić information content (AvgIpc) is 3.10. The molecule has 4 rings (SSSR count). The molecule has 0 N–H and O–H groups in total. The first-order chi connectivity index (χ1) is 15.7. The number of amides is 2. The van der Waals surface area contributed by atoms with Crippen molar-refractivity contribution >= 4 is 75.7 Å². The maximum Gasteiger partial charge on any atom is 0.338 e. The lowest BCUT2D eigenvalue weighted by Crippen LogP contribution is -2.29. The summed E-state index contributed by atoms with van der Waals surface area (Å²) in [6.07, 6.45) is 0. The number of benzene rings is 3. The summed E-state index contributed by atoms with van der Waals surface area (Å²) in [4.78, 5) is 51.5. The van der Waals surface area contributed by atoms with Gasteiger partial charge in [0, 0.05) is 5.56 Å². The maximum atomic E-state index is 13.0. The van der Waals surface area contributed by atoms with Gasteiger partial charge in [0.05, 0.1) is 42.5 Å². The molecule has 0 saturated carbocycles. The normalized spacial score (nSPS) is 12.7. The van der Waals surface area contributed by atoms with Gasteiger partial charge in [-0.25, -0.2) is 9.69 Å². The van der Waals surface area contributed by atoms with Crippen molar-refractivity contribution in [3.8, 4) is 0 Å². The van der Waals surface area contributed by atoms with Crippen LogP contribution in [0.5, 0.6) is 0 Å². The van der Waals surface area contributed by atoms with E-state index in [0.29, 0.717) is 5.56 Å². The second-order valence-electron chi connectivity index (χ2n) is 6.87. The first kappa shape index (κ1) is 23.3. The summed E-state index contributed by atoms with van der Waals surface area (Å²) >= 11 is 24.4. The van der Waals surface area contributed by atoms with Gasteiger partial charge in [0.25, 0.3) is 11.8 Å². The van der Waals surface area contributed by atoms with E-state index in [1.54, 1.807) is 30.3 Å². The molecule has 0 saturated heterocycles. The third-order valence-electron chi connectivity index (χ3n) is 4.87. The molecule has 3 aromatic rings. The molecule has 6 nitrogen and oxygen atoms in total. The molecular formula is C23H11Cl4NO5. The Balaban J connectivity index is 1.59. The van der Waals surface area contributed by atoms with Crippen LogP contribution < -0.4 is 4.90 Å². The van der Waals surface area contributed by atoms with Crippen LogP contribution in [0.15, 0.2) is 54.6 Å². The molecule has 166 valence electrons. The van der Waals surface area contributed by atoms with E-state index in [4.69, 9.17) is 51.1 Å². The SMILES string of the molecule is O=C(COC(=O)c1cccc(N2C(=O)c3c(Cl)c(Cl)c(Cl)c(Cl)c3C2=O)c1)c1ccccc1. The zero-order valence-electron chi connectivity index (χ0n) is 16.4. The number of halogens is 4. The van der Waals surface area contributed by atoms with Crippen molar-refractivity contribution in [1.82, 2.24) is 0 Å². The lowest BCUT2D eigenvalue weighted by Gasteiger charge is -2.15. The third-order valence-corrected chi connectivity index (χ3v) is 6.67. The van der Waals surface area contributed by atoms with Crippen molar-refractivity contribution in [3.05, 3.63) is 96.9 Å². The number of ketones is 1. The minimum atomic E-state index is -0.806. The van der Waals surface area contributed by atoms with Crippen LogP contribution in [0.2, 0.25) is 20.1 Å². The molecule has 3 aromatic carbocycles. The van der Waals surface area contributed by atoms with Crippen molar-refractivity contribution in [2.45, 2.75) is 0 Å². The zero-order valence-corrected chi connectivity index (χ0v) is 19.4. The number of rotatable bonds is 5. The Kier molecular flexibility index (Phi) is 6.45. The number of imide groups is 1. The summed E-state index contributed by atoms with van der Waals surface area (Å²) in [7, 11) is 0. The number of nitrogens with zero attached hydrogens (tertiary/aromatic N) is 1. The van der Waals surface area contributed by atoms with E-state index in [0.717, 1.165) is 4.90 Å². The number of anilines is 1. The lowest BCUT2D eigenvalue weighted by atomic mass is 10.1. The van der Waals surface area contributed by atoms with Crippen LogP contribution in [0, 0.1) is 0 Å². The predicted octanol–water partition coefficient (Wildman–Crippen LogP) is 6.14. The number of carbonyl (C=O) groups is 4. The van der Waals surface area contributed by atoms with Gasteiger partial charge in [0.1, 0.15) is 0 Å². The first-order valence-corrected chi connectivity index (χ1v) is 10.8. The van der Waals surface area contributed by atoms with Crippen LogP contribution in [-0.2, 0) is 4.74 Å². The van der Waals surface area contributed by atoms with Gasteiger partial charge in [-0.2, -0.15) is 0 Å². The fourth-order valence-corrected chi connectivity index (χ4v) is 4.29. The van der Waals surface area contributed by atoms with E-state index in [9.17, 15) is 19.2 Å². The predicted molar refractivity (Wildman–Crippen MR) is 125 cm³/mol. The molecule has 1 aliphatic heterocycles. The van der Waals surface area contributed by atoms with E-state index in [2.05, 4.69) is 0 Å². The summed E-state index contributed by atoms with van der Waals surface area (Å²) in [6, 6.07) is 14.0. The van der Waals surface area contributed by atoms with Crippen LogP contribution in [-0.4, -0.2) is 30.2 Å². The topological polar surface area (TPSA) is 80.8 Å². The van der Waals surface area contributed by atoms with Crippen LogP contribution in [0.1, 0.15) is 41.4 Å². The minimum absolute atomic E-state index is 0.0261. The Morgan fingerprint density at radius 1 is 0.727 bits per heavy atom. The van der Waals surface area contributed by atoms with Crippen molar-refractivity contribution < 1.29 is 23.9 Å². The summed E-state index contributed by atoms with van der Waals surface area (Å²) in [5, 5.41) is -0.690. The summed E-state index contributed by atoms with van der Waals surface area (Å²) < 4.78 is 5.09. The maximum absolute atomic E-state index is 13.0. The molecule has 2 amide bonds. The molecule has 0 aliphatic carbocycles. The number of ether oxygens (including phenoxy) is 1.